The largest absolute Gasteiger partial charge is 0.207 e. The van der Waals surface area contributed by atoms with Gasteiger partial charge >= 0.3 is 0 Å². The Balaban J connectivity index is 2.31. The van der Waals surface area contributed by atoms with Gasteiger partial charge in [0.2, 0.25) is 0 Å². The smallest absolute Gasteiger partial charge is 0.123 e. The summed E-state index contributed by atoms with van der Waals surface area (Å²) in [4.78, 5) is 0. The fourth-order valence-corrected chi connectivity index (χ4v) is 2.57. The van der Waals surface area contributed by atoms with Gasteiger partial charge in [-0.1, -0.05) is 41.4 Å². The van der Waals surface area contributed by atoms with Gasteiger partial charge in [0.1, 0.15) is 5.82 Å². The average molecular weight is 294 g/mol. The maximum absolute atomic E-state index is 12.8. The van der Waals surface area contributed by atoms with Crippen LogP contribution in [0.15, 0.2) is 42.5 Å². The molecule has 4 heteroatoms. The van der Waals surface area contributed by atoms with Crippen LogP contribution in [0.5, 0.6) is 0 Å². The molecule has 2 aromatic rings. The zero-order chi connectivity index (χ0) is 13.8. The summed E-state index contributed by atoms with van der Waals surface area (Å²) in [5, 5.41) is 10.2. The number of hydrogen-bond acceptors (Lipinski definition) is 1. The summed E-state index contributed by atoms with van der Waals surface area (Å²) >= 11 is 12.2. The van der Waals surface area contributed by atoms with Crippen molar-refractivity contribution in [2.75, 3.05) is 0 Å². The van der Waals surface area contributed by atoms with Gasteiger partial charge in [-0.25, -0.2) is 4.39 Å². The molecule has 96 valence electrons. The Kier molecular flexibility index (Phi) is 4.42. The van der Waals surface area contributed by atoms with Crippen LogP contribution in [0.25, 0.3) is 0 Å². The van der Waals surface area contributed by atoms with Crippen molar-refractivity contribution < 1.29 is 4.39 Å². The van der Waals surface area contributed by atoms with Crippen LogP contribution in [0, 0.1) is 17.1 Å². The second kappa shape index (κ2) is 6.06. The molecule has 0 saturated carbocycles. The van der Waals surface area contributed by atoms with Gasteiger partial charge in [-0.05, 0) is 36.2 Å². The third-order valence-electron chi connectivity index (χ3n) is 2.86. The standard InChI is InChI=1S/C15H10Cl2FN/c16-13-2-1-3-14(17)15(13)11(9-19)8-10-4-6-12(18)7-5-10/h1-7,11H,8H2. The van der Waals surface area contributed by atoms with Crippen LogP contribution in [0.1, 0.15) is 17.0 Å². The van der Waals surface area contributed by atoms with E-state index in [1.54, 1.807) is 30.3 Å². The van der Waals surface area contributed by atoms with E-state index in [1.165, 1.54) is 12.1 Å². The lowest BCUT2D eigenvalue weighted by Gasteiger charge is -2.13. The molecule has 0 aliphatic carbocycles. The molecule has 1 atom stereocenters. The van der Waals surface area contributed by atoms with Gasteiger partial charge in [-0.3, -0.25) is 0 Å². The minimum absolute atomic E-state index is 0.298. The first-order valence-electron chi connectivity index (χ1n) is 5.70. The van der Waals surface area contributed by atoms with Crippen LogP contribution in [-0.4, -0.2) is 0 Å². The lowest BCUT2D eigenvalue weighted by atomic mass is 9.93. The maximum Gasteiger partial charge on any atom is 0.123 e. The van der Waals surface area contributed by atoms with Crippen LogP contribution in [0.4, 0.5) is 4.39 Å². The van der Waals surface area contributed by atoms with E-state index in [9.17, 15) is 9.65 Å². The summed E-state index contributed by atoms with van der Waals surface area (Å²) in [5.41, 5.74) is 1.49. The Labute approximate surface area is 121 Å². The van der Waals surface area contributed by atoms with Gasteiger partial charge in [-0.2, -0.15) is 5.26 Å². The van der Waals surface area contributed by atoms with Crippen molar-refractivity contribution in [1.29, 1.82) is 5.26 Å². The number of hydrogen-bond donors (Lipinski definition) is 0. The Morgan fingerprint density at radius 2 is 1.63 bits per heavy atom. The number of rotatable bonds is 3. The molecule has 0 saturated heterocycles. The number of nitriles is 1. The first-order valence-corrected chi connectivity index (χ1v) is 6.45. The lowest BCUT2D eigenvalue weighted by molar-refractivity contribution is 0.626. The summed E-state index contributed by atoms with van der Waals surface area (Å²) in [6.07, 6.45) is 0.445. The van der Waals surface area contributed by atoms with Crippen molar-refractivity contribution in [3.63, 3.8) is 0 Å². The molecule has 19 heavy (non-hydrogen) atoms. The Morgan fingerprint density at radius 1 is 1.05 bits per heavy atom. The Morgan fingerprint density at radius 3 is 2.16 bits per heavy atom. The molecule has 0 radical (unpaired) electrons. The van der Waals surface area contributed by atoms with Crippen molar-refractivity contribution in [2.24, 2.45) is 0 Å². The van der Waals surface area contributed by atoms with Gasteiger partial charge in [0.25, 0.3) is 0 Å². The van der Waals surface area contributed by atoms with E-state index < -0.39 is 5.92 Å². The fraction of sp³-hybridized carbons (Fsp3) is 0.133. The zero-order valence-corrected chi connectivity index (χ0v) is 11.4. The quantitative estimate of drug-likeness (QED) is 0.783. The summed E-state index contributed by atoms with van der Waals surface area (Å²) in [6.45, 7) is 0. The molecule has 0 aliphatic rings. The van der Waals surface area contributed by atoms with Gasteiger partial charge < -0.3 is 0 Å². The molecule has 0 heterocycles. The lowest BCUT2D eigenvalue weighted by Crippen LogP contribution is -2.02. The molecule has 0 fully saturated rings. The molecule has 2 aromatic carbocycles. The zero-order valence-electron chi connectivity index (χ0n) is 9.91. The summed E-state index contributed by atoms with van der Waals surface area (Å²) in [7, 11) is 0. The topological polar surface area (TPSA) is 23.8 Å². The monoisotopic (exact) mass is 293 g/mol. The predicted molar refractivity (Wildman–Crippen MR) is 74.9 cm³/mol. The van der Waals surface area contributed by atoms with Crippen LogP contribution < -0.4 is 0 Å². The molecule has 2 rings (SSSR count). The predicted octanol–water partition coefficient (Wildman–Crippen LogP) is 4.98. The van der Waals surface area contributed by atoms with E-state index in [4.69, 9.17) is 23.2 Å². The third kappa shape index (κ3) is 3.26. The SMILES string of the molecule is N#CC(Cc1ccc(F)cc1)c1c(Cl)cccc1Cl. The highest BCUT2D eigenvalue weighted by Gasteiger charge is 2.18. The third-order valence-corrected chi connectivity index (χ3v) is 3.52. The average Bonchev–Trinajstić information content (AvgIpc) is 2.39. The highest BCUT2D eigenvalue weighted by molar-refractivity contribution is 6.36. The van der Waals surface area contributed by atoms with Gasteiger partial charge in [0.15, 0.2) is 0 Å². The van der Waals surface area contributed by atoms with E-state index in [-0.39, 0.29) is 5.82 Å². The van der Waals surface area contributed by atoms with E-state index >= 15 is 0 Å². The van der Waals surface area contributed by atoms with Gasteiger partial charge in [0.05, 0.1) is 12.0 Å². The Bertz CT molecular complexity index is 597. The summed E-state index contributed by atoms with van der Waals surface area (Å²) < 4.78 is 12.8. The van der Waals surface area contributed by atoms with Crippen LogP contribution in [0.2, 0.25) is 10.0 Å². The molecule has 0 spiro atoms. The molecule has 0 aromatic heterocycles. The van der Waals surface area contributed by atoms with E-state index in [2.05, 4.69) is 6.07 Å². The minimum Gasteiger partial charge on any atom is -0.207 e. The van der Waals surface area contributed by atoms with Crippen LogP contribution >= 0.6 is 23.2 Å². The van der Waals surface area contributed by atoms with E-state index in [0.717, 1.165) is 5.56 Å². The highest BCUT2D eigenvalue weighted by Crippen LogP contribution is 2.33. The molecular weight excluding hydrogens is 284 g/mol. The minimum atomic E-state index is -0.452. The molecule has 1 nitrogen and oxygen atoms in total. The second-order valence-electron chi connectivity index (χ2n) is 4.15. The van der Waals surface area contributed by atoms with Crippen molar-refractivity contribution in [2.45, 2.75) is 12.3 Å². The van der Waals surface area contributed by atoms with Crippen molar-refractivity contribution >= 4 is 23.2 Å². The van der Waals surface area contributed by atoms with Crippen molar-refractivity contribution in [3.05, 3.63) is 69.5 Å². The van der Waals surface area contributed by atoms with E-state index in [0.29, 0.717) is 22.0 Å². The summed E-state index contributed by atoms with van der Waals surface area (Å²) in [6, 6.07) is 13.4. The number of nitrogens with zero attached hydrogens (tertiary/aromatic N) is 1. The fourth-order valence-electron chi connectivity index (χ4n) is 1.91. The van der Waals surface area contributed by atoms with Crippen LogP contribution in [-0.2, 0) is 6.42 Å². The Hall–Kier alpha value is -1.56. The van der Waals surface area contributed by atoms with Gasteiger partial charge in [0, 0.05) is 15.6 Å². The normalized spacial score (nSPS) is 11.9. The van der Waals surface area contributed by atoms with Crippen molar-refractivity contribution in [1.82, 2.24) is 0 Å². The molecule has 0 amide bonds. The van der Waals surface area contributed by atoms with E-state index in [1.807, 2.05) is 0 Å². The number of benzene rings is 2. The molecule has 0 aliphatic heterocycles. The van der Waals surface area contributed by atoms with Crippen LogP contribution in [0.3, 0.4) is 0 Å². The van der Waals surface area contributed by atoms with Gasteiger partial charge in [-0.15, -0.1) is 0 Å². The molecule has 1 unspecified atom stereocenters. The first kappa shape index (κ1) is 13.9. The summed E-state index contributed by atoms with van der Waals surface area (Å²) in [5.74, 6) is -0.750. The molecule has 0 bridgehead atoms. The maximum atomic E-state index is 12.8. The number of halogens is 3. The molecule has 0 N–H and O–H groups in total. The first-order chi connectivity index (χ1) is 9.11. The highest BCUT2D eigenvalue weighted by atomic mass is 35.5. The van der Waals surface area contributed by atoms with Crippen molar-refractivity contribution in [3.8, 4) is 6.07 Å². The second-order valence-corrected chi connectivity index (χ2v) is 4.96. The molecular formula is C15H10Cl2FN.